The number of hydrogen-bond donors (Lipinski definition) is 0. The van der Waals surface area contributed by atoms with Gasteiger partial charge in [0.05, 0.1) is 0 Å². The van der Waals surface area contributed by atoms with Crippen molar-refractivity contribution in [3.05, 3.63) is 0 Å². The van der Waals surface area contributed by atoms with Gasteiger partial charge >= 0.3 is 0 Å². The van der Waals surface area contributed by atoms with E-state index >= 15 is 0 Å². The fraction of sp³-hybridized carbons (Fsp3) is 0.938. The summed E-state index contributed by atoms with van der Waals surface area (Å²) in [6, 6.07) is 0. The van der Waals surface area contributed by atoms with Gasteiger partial charge in [-0.1, -0.05) is 52.9 Å². The van der Waals surface area contributed by atoms with E-state index in [4.69, 9.17) is 9.78 Å². The molecule has 1 saturated heterocycles. The van der Waals surface area contributed by atoms with Crippen LogP contribution in [0.5, 0.6) is 0 Å². The highest BCUT2D eigenvalue weighted by Crippen LogP contribution is 2.38. The van der Waals surface area contributed by atoms with E-state index in [-0.39, 0.29) is 11.7 Å². The third kappa shape index (κ3) is 4.88. The lowest BCUT2D eigenvalue weighted by Gasteiger charge is -2.41. The van der Waals surface area contributed by atoms with E-state index in [9.17, 15) is 4.79 Å². The molecule has 3 heteroatoms. The summed E-state index contributed by atoms with van der Waals surface area (Å²) in [6.07, 6.45) is 8.40. The first-order valence-electron chi connectivity index (χ1n) is 7.88. The van der Waals surface area contributed by atoms with Crippen molar-refractivity contribution in [2.24, 2.45) is 11.8 Å². The zero-order valence-electron chi connectivity index (χ0n) is 13.0. The predicted octanol–water partition coefficient (Wildman–Crippen LogP) is 4.30. The first-order valence-corrected chi connectivity index (χ1v) is 7.88. The highest BCUT2D eigenvalue weighted by Gasteiger charge is 2.40. The van der Waals surface area contributed by atoms with Gasteiger partial charge in [0.2, 0.25) is 0 Å². The zero-order valence-corrected chi connectivity index (χ0v) is 13.0. The standard InChI is InChI=1S/C16H30O3/c1-5-8-9-13(6-2)10-16(4)11-14(7-3)15(12-17)18-19-16/h12-15H,5-11H2,1-4H3/t13-,14+,15+,16+/m0/s1. The smallest absolute Gasteiger partial charge is 0.152 e. The molecule has 0 aromatic carbocycles. The van der Waals surface area contributed by atoms with Crippen molar-refractivity contribution >= 4 is 6.29 Å². The second-order valence-electron chi connectivity index (χ2n) is 6.22. The van der Waals surface area contributed by atoms with E-state index in [1.165, 1.54) is 25.7 Å². The summed E-state index contributed by atoms with van der Waals surface area (Å²) in [5.74, 6) is 0.985. The van der Waals surface area contributed by atoms with E-state index < -0.39 is 0 Å². The van der Waals surface area contributed by atoms with Crippen molar-refractivity contribution in [1.29, 1.82) is 0 Å². The molecule has 0 radical (unpaired) electrons. The molecule has 0 aliphatic carbocycles. The van der Waals surface area contributed by atoms with E-state index in [0.717, 1.165) is 25.5 Å². The molecule has 1 aliphatic rings. The van der Waals surface area contributed by atoms with Gasteiger partial charge < -0.3 is 4.79 Å². The molecule has 112 valence electrons. The van der Waals surface area contributed by atoms with Gasteiger partial charge in [-0.05, 0) is 31.6 Å². The Balaban J connectivity index is 2.57. The van der Waals surface area contributed by atoms with Crippen molar-refractivity contribution in [3.8, 4) is 0 Å². The van der Waals surface area contributed by atoms with Gasteiger partial charge in [-0.2, -0.15) is 0 Å². The highest BCUT2D eigenvalue weighted by atomic mass is 17.2. The Bertz CT molecular complexity index is 267. The lowest BCUT2D eigenvalue weighted by Crippen LogP contribution is -2.44. The van der Waals surface area contributed by atoms with E-state index in [1.807, 2.05) is 0 Å². The number of carbonyl (C=O) groups excluding carboxylic acids is 1. The van der Waals surface area contributed by atoms with E-state index in [1.54, 1.807) is 0 Å². The largest absolute Gasteiger partial charge is 0.300 e. The van der Waals surface area contributed by atoms with Crippen LogP contribution in [0.3, 0.4) is 0 Å². The van der Waals surface area contributed by atoms with Crippen LogP contribution in [0.25, 0.3) is 0 Å². The van der Waals surface area contributed by atoms with Crippen LogP contribution in [-0.2, 0) is 14.6 Å². The molecule has 0 spiro atoms. The lowest BCUT2D eigenvalue weighted by molar-refractivity contribution is -0.409. The van der Waals surface area contributed by atoms with Crippen molar-refractivity contribution in [3.63, 3.8) is 0 Å². The second kappa shape index (κ2) is 8.01. The van der Waals surface area contributed by atoms with E-state index in [2.05, 4.69) is 27.7 Å². The van der Waals surface area contributed by atoms with Gasteiger partial charge in [-0.25, -0.2) is 9.78 Å². The Morgan fingerprint density at radius 3 is 2.63 bits per heavy atom. The third-order valence-corrected chi connectivity index (χ3v) is 4.44. The predicted molar refractivity (Wildman–Crippen MR) is 76.7 cm³/mol. The Morgan fingerprint density at radius 2 is 2.11 bits per heavy atom. The Labute approximate surface area is 118 Å². The summed E-state index contributed by atoms with van der Waals surface area (Å²) >= 11 is 0. The third-order valence-electron chi connectivity index (χ3n) is 4.44. The first kappa shape index (κ1) is 16.6. The second-order valence-corrected chi connectivity index (χ2v) is 6.22. The van der Waals surface area contributed by atoms with Crippen LogP contribution < -0.4 is 0 Å². The maximum Gasteiger partial charge on any atom is 0.152 e. The fourth-order valence-electron chi connectivity index (χ4n) is 3.14. The van der Waals surface area contributed by atoms with Crippen molar-refractivity contribution in [2.45, 2.75) is 84.3 Å². The van der Waals surface area contributed by atoms with Crippen LogP contribution in [-0.4, -0.2) is 18.0 Å². The summed E-state index contributed by atoms with van der Waals surface area (Å²) < 4.78 is 0. The molecule has 4 atom stereocenters. The topological polar surface area (TPSA) is 35.5 Å². The Kier molecular flexibility index (Phi) is 7.01. The molecule has 0 saturated carbocycles. The van der Waals surface area contributed by atoms with Crippen molar-refractivity contribution in [2.75, 3.05) is 0 Å². The minimum absolute atomic E-state index is 0.228. The lowest BCUT2D eigenvalue weighted by atomic mass is 9.79. The highest BCUT2D eigenvalue weighted by molar-refractivity contribution is 5.56. The van der Waals surface area contributed by atoms with E-state index in [0.29, 0.717) is 11.8 Å². The normalized spacial score (nSPS) is 33.1. The maximum absolute atomic E-state index is 11.0. The molecule has 0 aromatic rings. The first-order chi connectivity index (χ1) is 9.08. The average molecular weight is 270 g/mol. The summed E-state index contributed by atoms with van der Waals surface area (Å²) in [5, 5.41) is 0. The van der Waals surface area contributed by atoms with Gasteiger partial charge in [0.15, 0.2) is 12.4 Å². The number of aldehydes is 1. The molecule has 0 bridgehead atoms. The van der Waals surface area contributed by atoms with Gasteiger partial charge in [0.25, 0.3) is 0 Å². The molecule has 1 aliphatic heterocycles. The summed E-state index contributed by atoms with van der Waals surface area (Å²) in [4.78, 5) is 21.9. The van der Waals surface area contributed by atoms with Gasteiger partial charge in [-0.15, -0.1) is 0 Å². The van der Waals surface area contributed by atoms with Gasteiger partial charge in [0, 0.05) is 0 Å². The van der Waals surface area contributed by atoms with Gasteiger partial charge in [-0.3, -0.25) is 0 Å². The minimum atomic E-state index is -0.381. The molecule has 19 heavy (non-hydrogen) atoms. The molecule has 0 unspecified atom stereocenters. The molecule has 0 aromatic heterocycles. The molecule has 3 nitrogen and oxygen atoms in total. The molecule has 0 amide bonds. The van der Waals surface area contributed by atoms with Crippen LogP contribution in [0.15, 0.2) is 0 Å². The molecular weight excluding hydrogens is 240 g/mol. The van der Waals surface area contributed by atoms with Crippen LogP contribution in [0.2, 0.25) is 0 Å². The van der Waals surface area contributed by atoms with Gasteiger partial charge in [0.1, 0.15) is 5.60 Å². The van der Waals surface area contributed by atoms with Crippen molar-refractivity contribution in [1.82, 2.24) is 0 Å². The zero-order chi connectivity index (χ0) is 14.3. The molecule has 1 heterocycles. The SMILES string of the molecule is CCCC[C@H](CC)C[C@]1(C)C[C@@H](CC)[C@@H](C=O)OO1. The fourth-order valence-corrected chi connectivity index (χ4v) is 3.14. The monoisotopic (exact) mass is 270 g/mol. The summed E-state index contributed by atoms with van der Waals surface area (Å²) in [6.45, 7) is 8.73. The average Bonchev–Trinajstić information content (AvgIpc) is 2.43. The van der Waals surface area contributed by atoms with Crippen molar-refractivity contribution < 1.29 is 14.6 Å². The molecule has 0 N–H and O–H groups in total. The number of rotatable bonds is 8. The quantitative estimate of drug-likeness (QED) is 0.487. The minimum Gasteiger partial charge on any atom is -0.300 e. The van der Waals surface area contributed by atoms with Crippen LogP contribution in [0.4, 0.5) is 0 Å². The molecular formula is C16H30O3. The Morgan fingerprint density at radius 1 is 1.37 bits per heavy atom. The number of carbonyl (C=O) groups is 1. The van der Waals surface area contributed by atoms with Crippen LogP contribution >= 0.6 is 0 Å². The maximum atomic E-state index is 11.0. The van der Waals surface area contributed by atoms with Crippen LogP contribution in [0, 0.1) is 11.8 Å². The Hall–Kier alpha value is -0.410. The molecule has 1 fully saturated rings. The summed E-state index contributed by atoms with van der Waals surface area (Å²) in [7, 11) is 0. The number of hydrogen-bond acceptors (Lipinski definition) is 3. The van der Waals surface area contributed by atoms with Crippen LogP contribution in [0.1, 0.15) is 72.6 Å². The molecule has 1 rings (SSSR count). The number of unbranched alkanes of at least 4 members (excludes halogenated alkanes) is 1. The summed E-state index contributed by atoms with van der Waals surface area (Å²) in [5.41, 5.74) is -0.228.